The lowest BCUT2D eigenvalue weighted by molar-refractivity contribution is -0.123. The standard InChI is InChI=1S/C21H32N4O2.2ClH/c1-25(2)12-11-22-20(26)16-9-7-15(8-10-16)14-23-21(27)19-13-17-5-3-4-6-18(17)24-19;;/h7-10,17-19,24H,3-6,11-14H2,1-2H3,(H,22,26)(H,23,27);2*1H. The van der Waals surface area contributed by atoms with Crippen LogP contribution in [0.25, 0.3) is 0 Å². The van der Waals surface area contributed by atoms with Gasteiger partial charge in [0.1, 0.15) is 0 Å². The quantitative estimate of drug-likeness (QED) is 0.603. The minimum absolute atomic E-state index is 0. The summed E-state index contributed by atoms with van der Waals surface area (Å²) in [4.78, 5) is 26.6. The molecular formula is C21H34Cl2N4O2. The van der Waals surface area contributed by atoms with E-state index in [1.54, 1.807) is 0 Å². The molecule has 1 aromatic carbocycles. The topological polar surface area (TPSA) is 73.5 Å². The second-order valence-electron chi connectivity index (χ2n) is 8.08. The van der Waals surface area contributed by atoms with E-state index in [1.165, 1.54) is 25.7 Å². The summed E-state index contributed by atoms with van der Waals surface area (Å²) in [6, 6.07) is 7.91. The maximum Gasteiger partial charge on any atom is 0.251 e. The Morgan fingerprint density at radius 2 is 1.76 bits per heavy atom. The fourth-order valence-electron chi connectivity index (χ4n) is 4.10. The van der Waals surface area contributed by atoms with Gasteiger partial charge in [-0.2, -0.15) is 0 Å². The molecule has 1 aliphatic carbocycles. The first-order valence-corrected chi connectivity index (χ1v) is 10.1. The summed E-state index contributed by atoms with van der Waals surface area (Å²) in [6.07, 6.45) is 5.98. The number of benzene rings is 1. The minimum Gasteiger partial charge on any atom is -0.351 e. The second kappa shape index (κ2) is 12.4. The Hall–Kier alpha value is -1.34. The third kappa shape index (κ3) is 7.45. The van der Waals surface area contributed by atoms with Gasteiger partial charge < -0.3 is 20.9 Å². The highest BCUT2D eigenvalue weighted by atomic mass is 35.5. The van der Waals surface area contributed by atoms with Gasteiger partial charge >= 0.3 is 0 Å². The summed E-state index contributed by atoms with van der Waals surface area (Å²) in [5.74, 6) is 0.694. The molecule has 0 radical (unpaired) electrons. The first-order chi connectivity index (χ1) is 13.0. The Kier molecular flexibility index (Phi) is 11.0. The molecule has 1 aromatic rings. The fourth-order valence-corrected chi connectivity index (χ4v) is 4.10. The third-order valence-corrected chi connectivity index (χ3v) is 5.71. The van der Waals surface area contributed by atoms with Crippen LogP contribution in [-0.4, -0.2) is 56.0 Å². The molecule has 6 nitrogen and oxygen atoms in total. The van der Waals surface area contributed by atoms with E-state index in [0.717, 1.165) is 18.5 Å². The van der Waals surface area contributed by atoms with Crippen LogP contribution in [0.1, 0.15) is 48.0 Å². The van der Waals surface area contributed by atoms with Crippen LogP contribution >= 0.6 is 24.8 Å². The molecule has 3 N–H and O–H groups in total. The highest BCUT2D eigenvalue weighted by molar-refractivity contribution is 5.94. The molecule has 1 saturated carbocycles. The fraction of sp³-hybridized carbons (Fsp3) is 0.619. The van der Waals surface area contributed by atoms with Gasteiger partial charge in [0.05, 0.1) is 6.04 Å². The Morgan fingerprint density at radius 1 is 1.07 bits per heavy atom. The molecule has 1 aliphatic heterocycles. The zero-order valence-corrected chi connectivity index (χ0v) is 18.9. The SMILES string of the molecule is CN(C)CCNC(=O)c1ccc(CNC(=O)C2CC3CCCCC3N2)cc1.Cl.Cl. The molecular weight excluding hydrogens is 411 g/mol. The molecule has 2 fully saturated rings. The Balaban J connectivity index is 0.00000210. The lowest BCUT2D eigenvalue weighted by atomic mass is 9.85. The van der Waals surface area contributed by atoms with E-state index in [4.69, 9.17) is 0 Å². The molecule has 1 heterocycles. The molecule has 3 atom stereocenters. The van der Waals surface area contributed by atoms with Crippen LogP contribution in [0.5, 0.6) is 0 Å². The third-order valence-electron chi connectivity index (χ3n) is 5.71. The predicted octanol–water partition coefficient (Wildman–Crippen LogP) is 2.36. The summed E-state index contributed by atoms with van der Waals surface area (Å²) in [5.41, 5.74) is 1.65. The highest BCUT2D eigenvalue weighted by Gasteiger charge is 2.37. The van der Waals surface area contributed by atoms with Crippen molar-refractivity contribution in [1.29, 1.82) is 0 Å². The zero-order chi connectivity index (χ0) is 19.2. The molecule has 29 heavy (non-hydrogen) atoms. The van der Waals surface area contributed by atoms with Crippen molar-refractivity contribution in [2.45, 2.75) is 50.7 Å². The van der Waals surface area contributed by atoms with Gasteiger partial charge in [0.15, 0.2) is 0 Å². The number of hydrogen-bond acceptors (Lipinski definition) is 4. The van der Waals surface area contributed by atoms with Gasteiger partial charge in [0.25, 0.3) is 5.91 Å². The zero-order valence-electron chi connectivity index (χ0n) is 17.3. The van der Waals surface area contributed by atoms with Crippen LogP contribution in [0.15, 0.2) is 24.3 Å². The van der Waals surface area contributed by atoms with Gasteiger partial charge in [0.2, 0.25) is 5.91 Å². The Bertz CT molecular complexity index is 641. The molecule has 1 saturated heterocycles. The molecule has 3 rings (SSSR count). The summed E-state index contributed by atoms with van der Waals surface area (Å²) in [6.45, 7) is 1.93. The molecule has 8 heteroatoms. The molecule has 0 spiro atoms. The van der Waals surface area contributed by atoms with E-state index in [0.29, 0.717) is 30.6 Å². The van der Waals surface area contributed by atoms with Crippen LogP contribution in [-0.2, 0) is 11.3 Å². The predicted molar refractivity (Wildman–Crippen MR) is 121 cm³/mol. The lowest BCUT2D eigenvalue weighted by Crippen LogP contribution is -2.42. The van der Waals surface area contributed by atoms with Crippen molar-refractivity contribution >= 4 is 36.6 Å². The number of nitrogens with one attached hydrogen (secondary N) is 3. The number of carbonyl (C=O) groups excluding carboxylic acids is 2. The molecule has 2 amide bonds. The number of rotatable bonds is 7. The number of fused-ring (bicyclic) bond motifs is 1. The minimum atomic E-state index is -0.0646. The Morgan fingerprint density at radius 3 is 2.41 bits per heavy atom. The van der Waals surface area contributed by atoms with Crippen LogP contribution < -0.4 is 16.0 Å². The van der Waals surface area contributed by atoms with Crippen molar-refractivity contribution in [3.05, 3.63) is 35.4 Å². The van der Waals surface area contributed by atoms with Crippen molar-refractivity contribution in [2.24, 2.45) is 5.92 Å². The van der Waals surface area contributed by atoms with Gasteiger partial charge in [-0.3, -0.25) is 9.59 Å². The first kappa shape index (κ1) is 25.7. The summed E-state index contributed by atoms with van der Waals surface area (Å²) >= 11 is 0. The molecule has 3 unspecified atom stereocenters. The van der Waals surface area contributed by atoms with Gasteiger partial charge in [-0.15, -0.1) is 24.8 Å². The van der Waals surface area contributed by atoms with E-state index in [9.17, 15) is 9.59 Å². The molecule has 0 bridgehead atoms. The average molecular weight is 445 g/mol. The van der Waals surface area contributed by atoms with Crippen molar-refractivity contribution in [2.75, 3.05) is 27.2 Å². The number of halogens is 2. The number of likely N-dealkylation sites (N-methyl/N-ethyl adjacent to an activating group) is 1. The number of nitrogens with zero attached hydrogens (tertiary/aromatic N) is 1. The van der Waals surface area contributed by atoms with E-state index in [1.807, 2.05) is 43.3 Å². The first-order valence-electron chi connectivity index (χ1n) is 10.1. The van der Waals surface area contributed by atoms with Crippen molar-refractivity contribution < 1.29 is 9.59 Å². The van der Waals surface area contributed by atoms with Gasteiger partial charge in [0, 0.05) is 31.2 Å². The number of carbonyl (C=O) groups is 2. The van der Waals surface area contributed by atoms with Gasteiger partial charge in [-0.25, -0.2) is 0 Å². The smallest absolute Gasteiger partial charge is 0.251 e. The monoisotopic (exact) mass is 444 g/mol. The average Bonchev–Trinajstić information content (AvgIpc) is 3.10. The summed E-state index contributed by atoms with van der Waals surface area (Å²) in [7, 11) is 3.95. The lowest BCUT2D eigenvalue weighted by Gasteiger charge is -2.24. The summed E-state index contributed by atoms with van der Waals surface area (Å²) in [5, 5.41) is 9.45. The summed E-state index contributed by atoms with van der Waals surface area (Å²) < 4.78 is 0. The van der Waals surface area contributed by atoms with E-state index in [-0.39, 0.29) is 42.7 Å². The van der Waals surface area contributed by atoms with Gasteiger partial charge in [-0.05, 0) is 57.0 Å². The molecule has 164 valence electrons. The van der Waals surface area contributed by atoms with Crippen molar-refractivity contribution in [3.8, 4) is 0 Å². The normalized spacial score (nSPS) is 22.8. The van der Waals surface area contributed by atoms with E-state index in [2.05, 4.69) is 16.0 Å². The van der Waals surface area contributed by atoms with E-state index < -0.39 is 0 Å². The van der Waals surface area contributed by atoms with Crippen LogP contribution in [0.3, 0.4) is 0 Å². The number of hydrogen-bond donors (Lipinski definition) is 3. The van der Waals surface area contributed by atoms with Gasteiger partial charge in [-0.1, -0.05) is 25.0 Å². The Labute approximate surface area is 186 Å². The van der Waals surface area contributed by atoms with Crippen molar-refractivity contribution in [1.82, 2.24) is 20.9 Å². The maximum absolute atomic E-state index is 12.5. The van der Waals surface area contributed by atoms with Crippen LogP contribution in [0, 0.1) is 5.92 Å². The molecule has 2 aliphatic rings. The second-order valence-corrected chi connectivity index (χ2v) is 8.08. The van der Waals surface area contributed by atoms with Crippen LogP contribution in [0.4, 0.5) is 0 Å². The highest BCUT2D eigenvalue weighted by Crippen LogP contribution is 2.33. The van der Waals surface area contributed by atoms with Crippen LogP contribution in [0.2, 0.25) is 0 Å². The largest absolute Gasteiger partial charge is 0.351 e. The van der Waals surface area contributed by atoms with E-state index >= 15 is 0 Å². The maximum atomic E-state index is 12.5. The van der Waals surface area contributed by atoms with Crippen molar-refractivity contribution in [3.63, 3.8) is 0 Å². The number of amides is 2. The molecule has 0 aromatic heterocycles.